The SMILES string of the molecule is CCN(c1nc(Nc2ccc3n[nH]nc3c2)ncc1F)c1cccc2[nH]ncc12.O=C(O)C(F)(F)F. The average molecular weight is 503 g/mol. The molecule has 2 aromatic carbocycles. The second-order valence-corrected chi connectivity index (χ2v) is 7.17. The largest absolute Gasteiger partial charge is 0.490 e. The maximum absolute atomic E-state index is 14.7. The second kappa shape index (κ2) is 9.81. The molecule has 0 radical (unpaired) electrons. The van der Waals surface area contributed by atoms with Gasteiger partial charge in [-0.1, -0.05) is 6.07 Å². The predicted octanol–water partition coefficient (Wildman–Crippen LogP) is 4.30. The van der Waals surface area contributed by atoms with E-state index < -0.39 is 18.0 Å². The predicted molar refractivity (Wildman–Crippen MR) is 122 cm³/mol. The summed E-state index contributed by atoms with van der Waals surface area (Å²) in [5.41, 5.74) is 3.87. The molecule has 15 heteroatoms. The van der Waals surface area contributed by atoms with Crippen molar-refractivity contribution in [2.45, 2.75) is 13.1 Å². The van der Waals surface area contributed by atoms with Crippen molar-refractivity contribution in [1.82, 2.24) is 35.6 Å². The highest BCUT2D eigenvalue weighted by Crippen LogP contribution is 2.32. The summed E-state index contributed by atoms with van der Waals surface area (Å²) in [4.78, 5) is 19.2. The summed E-state index contributed by atoms with van der Waals surface area (Å²) in [5.74, 6) is -2.80. The molecule has 0 aliphatic rings. The summed E-state index contributed by atoms with van der Waals surface area (Å²) in [6.07, 6.45) is -2.20. The van der Waals surface area contributed by atoms with Crippen molar-refractivity contribution in [3.63, 3.8) is 0 Å². The molecule has 0 atom stereocenters. The highest BCUT2D eigenvalue weighted by Gasteiger charge is 2.38. The number of carboxylic acids is 1. The third-order valence-electron chi connectivity index (χ3n) is 4.87. The summed E-state index contributed by atoms with van der Waals surface area (Å²) < 4.78 is 46.4. The van der Waals surface area contributed by atoms with E-state index in [1.54, 1.807) is 11.1 Å². The number of aromatic nitrogens is 7. The molecule has 0 aliphatic carbocycles. The van der Waals surface area contributed by atoms with Crippen LogP contribution < -0.4 is 10.2 Å². The lowest BCUT2D eigenvalue weighted by Gasteiger charge is -2.23. The molecular weight excluding hydrogens is 486 g/mol. The molecule has 0 saturated carbocycles. The first kappa shape index (κ1) is 24.3. The molecular formula is C21H17F4N9O2. The zero-order chi connectivity index (χ0) is 25.9. The number of H-pyrrole nitrogens is 2. The van der Waals surface area contributed by atoms with Gasteiger partial charge in [0.2, 0.25) is 5.95 Å². The Bertz CT molecular complexity index is 1520. The number of halogens is 4. The number of nitrogens with one attached hydrogen (secondary N) is 3. The fraction of sp³-hybridized carbons (Fsp3) is 0.143. The van der Waals surface area contributed by atoms with Gasteiger partial charge in [-0.05, 0) is 37.3 Å². The van der Waals surface area contributed by atoms with Crippen molar-refractivity contribution in [2.75, 3.05) is 16.8 Å². The Morgan fingerprint density at radius 3 is 2.61 bits per heavy atom. The normalized spacial score (nSPS) is 11.2. The molecule has 3 heterocycles. The average Bonchev–Trinajstić information content (AvgIpc) is 3.51. The van der Waals surface area contributed by atoms with Crippen LogP contribution in [0.25, 0.3) is 21.9 Å². The Morgan fingerprint density at radius 2 is 1.89 bits per heavy atom. The van der Waals surface area contributed by atoms with Crippen molar-refractivity contribution < 1.29 is 27.5 Å². The first-order valence-corrected chi connectivity index (χ1v) is 10.3. The number of aromatic amines is 2. The molecule has 0 aliphatic heterocycles. The van der Waals surface area contributed by atoms with Crippen molar-refractivity contribution in [2.24, 2.45) is 0 Å². The van der Waals surface area contributed by atoms with Crippen molar-refractivity contribution in [3.05, 3.63) is 54.6 Å². The summed E-state index contributed by atoms with van der Waals surface area (Å²) in [5, 5.41) is 28.8. The quantitative estimate of drug-likeness (QED) is 0.258. The van der Waals surface area contributed by atoms with Gasteiger partial charge in [-0.15, -0.1) is 0 Å². The molecule has 5 rings (SSSR count). The molecule has 4 N–H and O–H groups in total. The molecule has 0 saturated heterocycles. The number of hydrogen-bond acceptors (Lipinski definition) is 8. The summed E-state index contributed by atoms with van der Waals surface area (Å²) >= 11 is 0. The van der Waals surface area contributed by atoms with E-state index in [9.17, 15) is 17.6 Å². The Labute approximate surface area is 199 Å². The Balaban J connectivity index is 0.000000384. The van der Waals surface area contributed by atoms with Gasteiger partial charge in [0.25, 0.3) is 0 Å². The third kappa shape index (κ3) is 5.13. The maximum Gasteiger partial charge on any atom is 0.490 e. The van der Waals surface area contributed by atoms with Gasteiger partial charge in [0.1, 0.15) is 11.0 Å². The molecule has 0 unspecified atom stereocenters. The first-order chi connectivity index (χ1) is 17.2. The number of aliphatic carboxylic acids is 1. The summed E-state index contributed by atoms with van der Waals surface area (Å²) in [6.45, 7) is 2.45. The second-order valence-electron chi connectivity index (χ2n) is 7.17. The Morgan fingerprint density at radius 1 is 1.14 bits per heavy atom. The van der Waals surface area contributed by atoms with Crippen LogP contribution in [-0.4, -0.2) is 59.4 Å². The molecule has 0 fully saturated rings. The van der Waals surface area contributed by atoms with Crippen LogP contribution in [0.5, 0.6) is 0 Å². The Hall–Kier alpha value is -4.82. The van der Waals surface area contributed by atoms with E-state index >= 15 is 0 Å². The maximum atomic E-state index is 14.7. The minimum atomic E-state index is -5.08. The fourth-order valence-electron chi connectivity index (χ4n) is 3.28. The first-order valence-electron chi connectivity index (χ1n) is 10.3. The van der Waals surface area contributed by atoms with Gasteiger partial charge < -0.3 is 15.3 Å². The van der Waals surface area contributed by atoms with Crippen LogP contribution in [0, 0.1) is 5.82 Å². The lowest BCUT2D eigenvalue weighted by atomic mass is 10.2. The van der Waals surface area contributed by atoms with Gasteiger partial charge in [-0.2, -0.15) is 38.7 Å². The molecule has 0 spiro atoms. The van der Waals surface area contributed by atoms with Crippen molar-refractivity contribution >= 4 is 51.0 Å². The number of anilines is 4. The zero-order valence-corrected chi connectivity index (χ0v) is 18.4. The summed E-state index contributed by atoms with van der Waals surface area (Å²) in [7, 11) is 0. The lowest BCUT2D eigenvalue weighted by Crippen LogP contribution is -2.21. The molecule has 11 nitrogen and oxygen atoms in total. The molecule has 0 bridgehead atoms. The van der Waals surface area contributed by atoms with Gasteiger partial charge in [-0.25, -0.2) is 14.2 Å². The number of benzene rings is 2. The number of rotatable bonds is 5. The van der Waals surface area contributed by atoms with Crippen LogP contribution in [0.3, 0.4) is 0 Å². The van der Waals surface area contributed by atoms with Gasteiger partial charge in [0.15, 0.2) is 11.6 Å². The Kier molecular flexibility index (Phi) is 6.62. The molecule has 186 valence electrons. The number of alkyl halides is 3. The van der Waals surface area contributed by atoms with Crippen LogP contribution >= 0.6 is 0 Å². The van der Waals surface area contributed by atoms with E-state index in [1.807, 2.05) is 43.3 Å². The molecule has 0 amide bonds. The zero-order valence-electron chi connectivity index (χ0n) is 18.4. The van der Waals surface area contributed by atoms with Gasteiger partial charge >= 0.3 is 12.1 Å². The van der Waals surface area contributed by atoms with Crippen LogP contribution in [0.2, 0.25) is 0 Å². The monoisotopic (exact) mass is 503 g/mol. The number of carbonyl (C=O) groups is 1. The molecule has 36 heavy (non-hydrogen) atoms. The number of nitrogens with zero attached hydrogens (tertiary/aromatic N) is 6. The van der Waals surface area contributed by atoms with Crippen molar-refractivity contribution in [3.8, 4) is 0 Å². The number of hydrogen-bond donors (Lipinski definition) is 4. The molecule has 5 aromatic rings. The van der Waals surface area contributed by atoms with E-state index in [2.05, 4.69) is 40.9 Å². The van der Waals surface area contributed by atoms with Crippen LogP contribution in [0.1, 0.15) is 6.92 Å². The topological polar surface area (TPSA) is 149 Å². The summed E-state index contributed by atoms with van der Waals surface area (Å²) in [6, 6.07) is 11.2. The molecule has 3 aromatic heterocycles. The van der Waals surface area contributed by atoms with Crippen LogP contribution in [0.15, 0.2) is 48.8 Å². The van der Waals surface area contributed by atoms with E-state index in [0.29, 0.717) is 12.1 Å². The van der Waals surface area contributed by atoms with Gasteiger partial charge in [0.05, 0.1) is 23.6 Å². The fourth-order valence-corrected chi connectivity index (χ4v) is 3.28. The smallest absolute Gasteiger partial charge is 0.475 e. The minimum Gasteiger partial charge on any atom is -0.475 e. The highest BCUT2D eigenvalue weighted by atomic mass is 19.4. The third-order valence-corrected chi connectivity index (χ3v) is 4.87. The van der Waals surface area contributed by atoms with Crippen LogP contribution in [0.4, 0.5) is 40.7 Å². The van der Waals surface area contributed by atoms with Crippen LogP contribution in [-0.2, 0) is 4.79 Å². The lowest BCUT2D eigenvalue weighted by molar-refractivity contribution is -0.192. The number of fused-ring (bicyclic) bond motifs is 2. The van der Waals surface area contributed by atoms with Gasteiger partial charge in [-0.3, -0.25) is 5.10 Å². The minimum absolute atomic E-state index is 0.182. The van der Waals surface area contributed by atoms with E-state index in [1.165, 1.54) is 0 Å². The van der Waals surface area contributed by atoms with Crippen molar-refractivity contribution in [1.29, 1.82) is 0 Å². The van der Waals surface area contributed by atoms with Gasteiger partial charge in [0, 0.05) is 17.6 Å². The standard InChI is InChI=1S/C19H16FN9.C2HF3O2/c1-2-29(17-5-3-4-14-12(17)9-22-25-14)18-13(20)10-21-19(24-18)23-11-6-7-15-16(8-11)27-28-26-15;3-2(4,5)1(6)7/h3-10H,2H2,1H3,(H,22,25)(H,21,23,24)(H,26,27,28);(H,6,7). The van der Waals surface area contributed by atoms with E-state index in [-0.39, 0.29) is 11.8 Å². The van der Waals surface area contributed by atoms with E-state index in [4.69, 9.17) is 9.90 Å². The van der Waals surface area contributed by atoms with E-state index in [0.717, 1.165) is 34.0 Å². The number of carboxylic acid groups (broad SMARTS) is 1. The highest BCUT2D eigenvalue weighted by molar-refractivity contribution is 5.93.